The third-order valence-corrected chi connectivity index (χ3v) is 2.09. The molecule has 0 fully saturated rings. The first-order valence-electron chi connectivity index (χ1n) is 4.32. The SMILES string of the molecule is Cc1ccc(N)cc1C=CCCCl. The van der Waals surface area contributed by atoms with E-state index in [1.165, 1.54) is 11.1 Å². The number of halogens is 1. The van der Waals surface area contributed by atoms with Crippen LogP contribution in [0, 0.1) is 6.92 Å². The van der Waals surface area contributed by atoms with Crippen molar-refractivity contribution in [1.29, 1.82) is 0 Å². The van der Waals surface area contributed by atoms with Crippen molar-refractivity contribution in [3.05, 3.63) is 35.4 Å². The van der Waals surface area contributed by atoms with Gasteiger partial charge in [-0.15, -0.1) is 11.6 Å². The Bertz CT molecular complexity index is 305. The Balaban J connectivity index is 2.81. The van der Waals surface area contributed by atoms with Gasteiger partial charge in [0.1, 0.15) is 0 Å². The van der Waals surface area contributed by atoms with E-state index < -0.39 is 0 Å². The van der Waals surface area contributed by atoms with Crippen LogP contribution in [-0.2, 0) is 0 Å². The van der Waals surface area contributed by atoms with Crippen molar-refractivity contribution in [1.82, 2.24) is 0 Å². The van der Waals surface area contributed by atoms with Gasteiger partial charge in [0.25, 0.3) is 0 Å². The third-order valence-electron chi connectivity index (χ3n) is 1.88. The highest BCUT2D eigenvalue weighted by Crippen LogP contribution is 2.14. The Morgan fingerprint density at radius 2 is 2.23 bits per heavy atom. The fourth-order valence-corrected chi connectivity index (χ4v) is 1.24. The number of nitrogen functional groups attached to an aromatic ring is 1. The summed E-state index contributed by atoms with van der Waals surface area (Å²) in [5, 5.41) is 0. The molecule has 0 amide bonds. The first kappa shape index (κ1) is 10.1. The highest BCUT2D eigenvalue weighted by atomic mass is 35.5. The summed E-state index contributed by atoms with van der Waals surface area (Å²) in [6.45, 7) is 2.07. The van der Waals surface area contributed by atoms with Crippen molar-refractivity contribution in [3.8, 4) is 0 Å². The Kier molecular flexibility index (Phi) is 3.84. The summed E-state index contributed by atoms with van der Waals surface area (Å²) >= 11 is 5.56. The van der Waals surface area contributed by atoms with Crippen molar-refractivity contribution in [2.45, 2.75) is 13.3 Å². The van der Waals surface area contributed by atoms with Crippen LogP contribution in [-0.4, -0.2) is 5.88 Å². The fraction of sp³-hybridized carbons (Fsp3) is 0.273. The molecule has 0 bridgehead atoms. The molecular weight excluding hydrogens is 182 g/mol. The molecule has 1 nitrogen and oxygen atoms in total. The average molecular weight is 196 g/mol. The zero-order valence-corrected chi connectivity index (χ0v) is 8.51. The lowest BCUT2D eigenvalue weighted by atomic mass is 10.1. The fourth-order valence-electron chi connectivity index (χ4n) is 1.11. The third kappa shape index (κ3) is 3.11. The Morgan fingerprint density at radius 3 is 2.92 bits per heavy atom. The van der Waals surface area contributed by atoms with Crippen molar-refractivity contribution in [2.24, 2.45) is 0 Å². The molecule has 70 valence electrons. The molecule has 0 aromatic heterocycles. The second kappa shape index (κ2) is 4.93. The van der Waals surface area contributed by atoms with E-state index in [9.17, 15) is 0 Å². The van der Waals surface area contributed by atoms with Crippen molar-refractivity contribution in [3.63, 3.8) is 0 Å². The number of rotatable bonds is 3. The minimum Gasteiger partial charge on any atom is -0.399 e. The summed E-state index contributed by atoms with van der Waals surface area (Å²) in [5.74, 6) is 0.665. The molecule has 1 aromatic rings. The molecule has 0 heterocycles. The van der Waals surface area contributed by atoms with E-state index >= 15 is 0 Å². The maximum absolute atomic E-state index is 5.67. The largest absolute Gasteiger partial charge is 0.399 e. The molecule has 2 N–H and O–H groups in total. The molecule has 0 unspecified atom stereocenters. The minimum absolute atomic E-state index is 0.665. The summed E-state index contributed by atoms with van der Waals surface area (Å²) < 4.78 is 0. The molecule has 0 spiro atoms. The Hall–Kier alpha value is -0.950. The van der Waals surface area contributed by atoms with Crippen LogP contribution < -0.4 is 5.73 Å². The highest BCUT2D eigenvalue weighted by molar-refractivity contribution is 6.17. The lowest BCUT2D eigenvalue weighted by Gasteiger charge is -2.01. The van der Waals surface area contributed by atoms with Crippen LogP contribution in [0.1, 0.15) is 17.5 Å². The number of benzene rings is 1. The van der Waals surface area contributed by atoms with Crippen LogP contribution in [0.5, 0.6) is 0 Å². The average Bonchev–Trinajstić information content (AvgIpc) is 2.11. The van der Waals surface area contributed by atoms with Crippen LogP contribution in [0.4, 0.5) is 5.69 Å². The second-order valence-electron chi connectivity index (χ2n) is 3.00. The van der Waals surface area contributed by atoms with E-state index in [0.717, 1.165) is 12.1 Å². The van der Waals surface area contributed by atoms with Crippen molar-refractivity contribution < 1.29 is 0 Å². The lowest BCUT2D eigenvalue weighted by molar-refractivity contribution is 1.24. The molecule has 0 aliphatic heterocycles. The van der Waals surface area contributed by atoms with Gasteiger partial charge in [0.2, 0.25) is 0 Å². The van der Waals surface area contributed by atoms with E-state index in [-0.39, 0.29) is 0 Å². The predicted molar refractivity (Wildman–Crippen MR) is 60.0 cm³/mol. The monoisotopic (exact) mass is 195 g/mol. The summed E-state index contributed by atoms with van der Waals surface area (Å²) in [6.07, 6.45) is 5.03. The Labute approximate surface area is 84.2 Å². The number of anilines is 1. The van der Waals surface area contributed by atoms with Gasteiger partial charge in [-0.3, -0.25) is 0 Å². The number of hydrogen-bond acceptors (Lipinski definition) is 1. The van der Waals surface area contributed by atoms with Crippen LogP contribution in [0.15, 0.2) is 24.3 Å². The molecule has 0 aliphatic rings. The Morgan fingerprint density at radius 1 is 1.46 bits per heavy atom. The van der Waals surface area contributed by atoms with Gasteiger partial charge in [-0.05, 0) is 36.6 Å². The van der Waals surface area contributed by atoms with Gasteiger partial charge in [0.15, 0.2) is 0 Å². The first-order valence-corrected chi connectivity index (χ1v) is 4.86. The molecule has 0 atom stereocenters. The normalized spacial score (nSPS) is 10.9. The van der Waals surface area contributed by atoms with Gasteiger partial charge in [0, 0.05) is 11.6 Å². The molecular formula is C11H14ClN. The number of allylic oxidation sites excluding steroid dienone is 1. The lowest BCUT2D eigenvalue weighted by Crippen LogP contribution is -1.87. The van der Waals surface area contributed by atoms with Gasteiger partial charge in [-0.2, -0.15) is 0 Å². The van der Waals surface area contributed by atoms with Crippen LogP contribution >= 0.6 is 11.6 Å². The van der Waals surface area contributed by atoms with Crippen LogP contribution in [0.25, 0.3) is 6.08 Å². The topological polar surface area (TPSA) is 26.0 Å². The first-order chi connectivity index (χ1) is 6.24. The van der Waals surface area contributed by atoms with Crippen molar-refractivity contribution >= 4 is 23.4 Å². The molecule has 1 aromatic carbocycles. The number of alkyl halides is 1. The number of hydrogen-bond donors (Lipinski definition) is 1. The maximum Gasteiger partial charge on any atom is 0.0320 e. The van der Waals surface area contributed by atoms with Crippen LogP contribution in [0.2, 0.25) is 0 Å². The highest BCUT2D eigenvalue weighted by Gasteiger charge is 1.93. The number of nitrogens with two attached hydrogens (primary N) is 1. The van der Waals surface area contributed by atoms with Gasteiger partial charge < -0.3 is 5.73 Å². The van der Waals surface area contributed by atoms with Crippen molar-refractivity contribution in [2.75, 3.05) is 11.6 Å². The van der Waals surface area contributed by atoms with E-state index in [2.05, 4.69) is 19.1 Å². The zero-order chi connectivity index (χ0) is 9.68. The quantitative estimate of drug-likeness (QED) is 0.582. The molecule has 0 radical (unpaired) electrons. The summed E-state index contributed by atoms with van der Waals surface area (Å²) in [4.78, 5) is 0. The molecule has 0 aliphatic carbocycles. The number of aryl methyl sites for hydroxylation is 1. The van der Waals surface area contributed by atoms with Crippen LogP contribution in [0.3, 0.4) is 0 Å². The maximum atomic E-state index is 5.67. The molecule has 1 rings (SSSR count). The van der Waals surface area contributed by atoms with Gasteiger partial charge in [0.05, 0.1) is 0 Å². The molecule has 0 saturated carbocycles. The zero-order valence-electron chi connectivity index (χ0n) is 7.76. The van der Waals surface area contributed by atoms with E-state index in [0.29, 0.717) is 5.88 Å². The smallest absolute Gasteiger partial charge is 0.0320 e. The summed E-state index contributed by atoms with van der Waals surface area (Å²) in [7, 11) is 0. The van der Waals surface area contributed by atoms with Gasteiger partial charge >= 0.3 is 0 Å². The minimum atomic E-state index is 0.665. The van der Waals surface area contributed by atoms with Gasteiger partial charge in [-0.1, -0.05) is 18.2 Å². The van der Waals surface area contributed by atoms with Gasteiger partial charge in [-0.25, -0.2) is 0 Å². The van der Waals surface area contributed by atoms with E-state index in [1.807, 2.05) is 18.2 Å². The second-order valence-corrected chi connectivity index (χ2v) is 3.37. The van der Waals surface area contributed by atoms with E-state index in [4.69, 9.17) is 17.3 Å². The predicted octanol–water partition coefficient (Wildman–Crippen LogP) is 3.22. The molecule has 13 heavy (non-hydrogen) atoms. The molecule has 0 saturated heterocycles. The molecule has 2 heteroatoms. The van der Waals surface area contributed by atoms with E-state index in [1.54, 1.807) is 0 Å². The summed E-state index contributed by atoms with van der Waals surface area (Å²) in [6, 6.07) is 5.91. The summed E-state index contributed by atoms with van der Waals surface area (Å²) in [5.41, 5.74) is 8.88. The standard InChI is InChI=1S/C11H14ClN/c1-9-5-6-11(13)8-10(9)4-2-3-7-12/h2,4-6,8H,3,7,13H2,1H3.